The highest BCUT2D eigenvalue weighted by Crippen LogP contribution is 2.08. The van der Waals surface area contributed by atoms with Crippen molar-refractivity contribution in [2.24, 2.45) is 4.99 Å². The molecule has 1 unspecified atom stereocenters. The normalized spacial score (nSPS) is 12.2. The summed E-state index contributed by atoms with van der Waals surface area (Å²) in [7, 11) is -0.880. The van der Waals surface area contributed by atoms with Crippen molar-refractivity contribution in [2.45, 2.75) is 26.1 Å². The van der Waals surface area contributed by atoms with Gasteiger partial charge >= 0.3 is 0 Å². The molecule has 2 aromatic rings. The van der Waals surface area contributed by atoms with Crippen LogP contribution >= 0.6 is 24.0 Å². The number of hydrogen-bond acceptors (Lipinski definition) is 2. The predicted octanol–water partition coefficient (Wildman–Crippen LogP) is 3.62. The Morgan fingerprint density at radius 3 is 2.42 bits per heavy atom. The fourth-order valence-corrected chi connectivity index (χ4v) is 3.45. The summed E-state index contributed by atoms with van der Waals surface area (Å²) in [6, 6.07) is 18.2. The Hall–Kier alpha value is -1.41. The van der Waals surface area contributed by atoms with E-state index in [-0.39, 0.29) is 24.0 Å². The highest BCUT2D eigenvalue weighted by atomic mass is 127. The van der Waals surface area contributed by atoms with E-state index in [1.165, 1.54) is 11.1 Å². The smallest absolute Gasteiger partial charge is 0.191 e. The standard InChI is InChI=1S/C20H27N3OS.HI/c1-3-21-20(23-15-19-12-8-7-9-17(19)2)22-13-14-25(24)16-18-10-5-4-6-11-18;/h4-12H,3,13-16H2,1-2H3,(H2,21,22,23);1H. The number of nitrogens with zero attached hydrogens (tertiary/aromatic N) is 1. The van der Waals surface area contributed by atoms with Gasteiger partial charge in [0, 0.05) is 35.4 Å². The monoisotopic (exact) mass is 485 g/mol. The third-order valence-corrected chi connectivity index (χ3v) is 5.12. The molecule has 6 heteroatoms. The van der Waals surface area contributed by atoms with Gasteiger partial charge in [-0.15, -0.1) is 24.0 Å². The molecule has 0 saturated heterocycles. The van der Waals surface area contributed by atoms with Gasteiger partial charge in [-0.1, -0.05) is 54.6 Å². The van der Waals surface area contributed by atoms with Crippen LogP contribution in [-0.4, -0.2) is 29.0 Å². The summed E-state index contributed by atoms with van der Waals surface area (Å²) in [5.41, 5.74) is 3.57. The Morgan fingerprint density at radius 1 is 1.04 bits per heavy atom. The molecule has 4 nitrogen and oxygen atoms in total. The number of guanidine groups is 1. The van der Waals surface area contributed by atoms with Gasteiger partial charge in [0.15, 0.2) is 5.96 Å². The van der Waals surface area contributed by atoms with Gasteiger partial charge in [-0.05, 0) is 30.5 Å². The number of nitrogens with one attached hydrogen (secondary N) is 2. The molecule has 0 bridgehead atoms. The fourth-order valence-electron chi connectivity index (χ4n) is 2.41. The second-order valence-electron chi connectivity index (χ2n) is 5.82. The zero-order valence-electron chi connectivity index (χ0n) is 15.4. The van der Waals surface area contributed by atoms with Crippen LogP contribution in [-0.2, 0) is 23.1 Å². The topological polar surface area (TPSA) is 53.5 Å². The Bertz CT molecular complexity index is 707. The minimum atomic E-state index is -0.880. The van der Waals surface area contributed by atoms with Crippen molar-refractivity contribution in [3.63, 3.8) is 0 Å². The molecule has 0 aliphatic rings. The molecule has 2 aromatic carbocycles. The molecule has 0 aromatic heterocycles. The number of aryl methyl sites for hydroxylation is 1. The van der Waals surface area contributed by atoms with Gasteiger partial charge < -0.3 is 10.6 Å². The van der Waals surface area contributed by atoms with E-state index in [9.17, 15) is 4.21 Å². The molecule has 0 aliphatic heterocycles. The highest BCUT2D eigenvalue weighted by Gasteiger charge is 2.03. The van der Waals surface area contributed by atoms with Crippen LogP contribution in [0.5, 0.6) is 0 Å². The maximum Gasteiger partial charge on any atom is 0.191 e. The molecule has 0 fully saturated rings. The molecule has 0 amide bonds. The van der Waals surface area contributed by atoms with Crippen LogP contribution in [0.2, 0.25) is 0 Å². The lowest BCUT2D eigenvalue weighted by Gasteiger charge is -2.12. The van der Waals surface area contributed by atoms with Gasteiger partial charge in [0.2, 0.25) is 0 Å². The van der Waals surface area contributed by atoms with Crippen molar-refractivity contribution in [2.75, 3.05) is 18.8 Å². The molecule has 0 saturated carbocycles. The highest BCUT2D eigenvalue weighted by molar-refractivity contribution is 14.0. The Morgan fingerprint density at radius 2 is 1.73 bits per heavy atom. The number of benzene rings is 2. The van der Waals surface area contributed by atoms with Gasteiger partial charge in [-0.3, -0.25) is 4.21 Å². The van der Waals surface area contributed by atoms with Crippen molar-refractivity contribution in [3.8, 4) is 0 Å². The first-order chi connectivity index (χ1) is 12.2. The molecule has 2 N–H and O–H groups in total. The summed E-state index contributed by atoms with van der Waals surface area (Å²) in [6.45, 7) is 6.21. The molecular weight excluding hydrogens is 457 g/mol. The third-order valence-electron chi connectivity index (χ3n) is 3.81. The second kappa shape index (κ2) is 12.9. The van der Waals surface area contributed by atoms with Crippen molar-refractivity contribution in [1.29, 1.82) is 0 Å². The lowest BCUT2D eigenvalue weighted by Crippen LogP contribution is -2.39. The zero-order valence-corrected chi connectivity index (χ0v) is 18.6. The van der Waals surface area contributed by atoms with E-state index in [1.54, 1.807) is 0 Å². The number of aliphatic imine (C=N–C) groups is 1. The Labute approximate surface area is 176 Å². The van der Waals surface area contributed by atoms with E-state index in [0.29, 0.717) is 24.6 Å². The van der Waals surface area contributed by atoms with Gasteiger partial charge in [0.25, 0.3) is 0 Å². The maximum absolute atomic E-state index is 12.2. The van der Waals surface area contributed by atoms with Crippen LogP contribution in [0.4, 0.5) is 0 Å². The van der Waals surface area contributed by atoms with Gasteiger partial charge in [-0.2, -0.15) is 0 Å². The molecule has 0 heterocycles. The van der Waals surface area contributed by atoms with Crippen molar-refractivity contribution >= 4 is 40.7 Å². The van der Waals surface area contributed by atoms with Crippen LogP contribution < -0.4 is 10.6 Å². The number of rotatable bonds is 8. The van der Waals surface area contributed by atoms with Crippen LogP contribution in [0.3, 0.4) is 0 Å². The summed E-state index contributed by atoms with van der Waals surface area (Å²) in [6.07, 6.45) is 0. The van der Waals surface area contributed by atoms with Crippen molar-refractivity contribution < 1.29 is 4.21 Å². The molecule has 0 spiro atoms. The van der Waals surface area contributed by atoms with Crippen LogP contribution in [0.25, 0.3) is 0 Å². The number of hydrogen-bond donors (Lipinski definition) is 2. The SMILES string of the molecule is CCNC(=NCc1ccccc1C)NCCS(=O)Cc1ccccc1.I. The molecule has 1 atom stereocenters. The fraction of sp³-hybridized carbons (Fsp3) is 0.350. The maximum atomic E-state index is 12.2. The minimum Gasteiger partial charge on any atom is -0.357 e. The van der Waals surface area contributed by atoms with Gasteiger partial charge in [0.05, 0.1) is 6.54 Å². The molecule has 0 aliphatic carbocycles. The zero-order chi connectivity index (χ0) is 17.9. The molecule has 0 radical (unpaired) electrons. The van der Waals surface area contributed by atoms with E-state index >= 15 is 0 Å². The van der Waals surface area contributed by atoms with Crippen LogP contribution in [0.15, 0.2) is 59.6 Å². The molecular formula is C20H28IN3OS. The molecule has 142 valence electrons. The van der Waals surface area contributed by atoms with E-state index < -0.39 is 10.8 Å². The van der Waals surface area contributed by atoms with Crippen LogP contribution in [0.1, 0.15) is 23.6 Å². The lowest BCUT2D eigenvalue weighted by atomic mass is 10.1. The summed E-state index contributed by atoms with van der Waals surface area (Å²) in [5, 5.41) is 6.51. The van der Waals surface area contributed by atoms with Crippen molar-refractivity contribution in [3.05, 3.63) is 71.3 Å². The molecule has 26 heavy (non-hydrogen) atoms. The van der Waals surface area contributed by atoms with E-state index in [4.69, 9.17) is 0 Å². The third kappa shape index (κ3) is 8.31. The molecule has 2 rings (SSSR count). The van der Waals surface area contributed by atoms with Crippen LogP contribution in [0, 0.1) is 6.92 Å². The Balaban J connectivity index is 0.00000338. The predicted molar refractivity (Wildman–Crippen MR) is 123 cm³/mol. The summed E-state index contributed by atoms with van der Waals surface area (Å²) in [4.78, 5) is 4.62. The van der Waals surface area contributed by atoms with E-state index in [2.05, 4.69) is 34.7 Å². The van der Waals surface area contributed by atoms with Gasteiger partial charge in [-0.25, -0.2) is 4.99 Å². The van der Waals surface area contributed by atoms with Gasteiger partial charge in [0.1, 0.15) is 0 Å². The summed E-state index contributed by atoms with van der Waals surface area (Å²) >= 11 is 0. The summed E-state index contributed by atoms with van der Waals surface area (Å²) in [5.74, 6) is 1.96. The van der Waals surface area contributed by atoms with E-state index in [0.717, 1.165) is 18.1 Å². The average molecular weight is 485 g/mol. The quantitative estimate of drug-likeness (QED) is 0.341. The first-order valence-electron chi connectivity index (χ1n) is 8.64. The first-order valence-corrected chi connectivity index (χ1v) is 10.1. The van der Waals surface area contributed by atoms with E-state index in [1.807, 2.05) is 49.4 Å². The lowest BCUT2D eigenvalue weighted by molar-refractivity contribution is 0.680. The summed E-state index contributed by atoms with van der Waals surface area (Å²) < 4.78 is 12.2. The second-order valence-corrected chi connectivity index (χ2v) is 7.40. The largest absolute Gasteiger partial charge is 0.357 e. The first kappa shape index (κ1) is 22.6. The number of halogens is 1. The Kier molecular flexibility index (Phi) is 11.2. The average Bonchev–Trinajstić information content (AvgIpc) is 2.61. The minimum absolute atomic E-state index is 0. The van der Waals surface area contributed by atoms with Crippen molar-refractivity contribution in [1.82, 2.24) is 10.6 Å².